The average molecular weight is 500 g/mol. The van der Waals surface area contributed by atoms with E-state index in [0.29, 0.717) is 26.2 Å². The highest BCUT2D eigenvalue weighted by atomic mass is 16.5. The molecule has 0 radical (unpaired) electrons. The number of benzene rings is 3. The van der Waals surface area contributed by atoms with Crippen molar-refractivity contribution in [3.8, 4) is 17.2 Å². The molecule has 192 valence electrons. The minimum Gasteiger partial charge on any atom is -0.494 e. The number of ether oxygens (including phenoxy) is 3. The van der Waals surface area contributed by atoms with Gasteiger partial charge in [0.05, 0.1) is 31.4 Å². The fourth-order valence-corrected chi connectivity index (χ4v) is 4.95. The number of methoxy groups -OCH3 is 1. The van der Waals surface area contributed by atoms with E-state index in [2.05, 4.69) is 10.6 Å². The minimum absolute atomic E-state index is 0.0382. The highest BCUT2D eigenvalue weighted by Crippen LogP contribution is 2.34. The zero-order valence-corrected chi connectivity index (χ0v) is 21.4. The summed E-state index contributed by atoms with van der Waals surface area (Å²) in [6, 6.07) is 23.7. The first-order chi connectivity index (χ1) is 18.2. The summed E-state index contributed by atoms with van der Waals surface area (Å²) in [6.45, 7) is 4.62. The lowest BCUT2D eigenvalue weighted by atomic mass is 10.1. The molecule has 5 rings (SSSR count). The van der Waals surface area contributed by atoms with Gasteiger partial charge in [-0.15, -0.1) is 0 Å². The third-order valence-corrected chi connectivity index (χ3v) is 6.74. The molecule has 7 heteroatoms. The van der Waals surface area contributed by atoms with Crippen LogP contribution in [-0.4, -0.2) is 42.3 Å². The molecule has 1 aliphatic rings. The van der Waals surface area contributed by atoms with Gasteiger partial charge in [-0.1, -0.05) is 24.3 Å². The lowest BCUT2D eigenvalue weighted by molar-refractivity contribution is -0.117. The zero-order chi connectivity index (χ0) is 25.6. The number of nitrogens with zero attached hydrogens (tertiary/aromatic N) is 3. The van der Waals surface area contributed by atoms with Crippen molar-refractivity contribution in [2.24, 2.45) is 0 Å². The number of hydrogen-bond donors (Lipinski definition) is 0. The molecule has 1 unspecified atom stereocenters. The van der Waals surface area contributed by atoms with Crippen molar-refractivity contribution in [3.63, 3.8) is 0 Å². The Morgan fingerprint density at radius 3 is 2.46 bits per heavy atom. The van der Waals surface area contributed by atoms with E-state index in [4.69, 9.17) is 19.2 Å². The number of carbonyl (C=O) groups excluding carboxylic acids is 1. The molecule has 1 aromatic heterocycles. The van der Waals surface area contributed by atoms with Crippen LogP contribution in [0, 0.1) is 0 Å². The Hall–Kier alpha value is -4.00. The quantitative estimate of drug-likeness (QED) is 0.243. The van der Waals surface area contributed by atoms with E-state index in [9.17, 15) is 4.79 Å². The number of para-hydroxylation sites is 4. The molecule has 7 nitrogen and oxygen atoms in total. The molecule has 0 N–H and O–H groups in total. The van der Waals surface area contributed by atoms with Crippen molar-refractivity contribution >= 4 is 22.6 Å². The monoisotopic (exact) mass is 499 g/mol. The molecule has 0 spiro atoms. The number of anilines is 1. The number of imidazole rings is 1. The van der Waals surface area contributed by atoms with Crippen LogP contribution in [0.3, 0.4) is 0 Å². The molecule has 1 aliphatic heterocycles. The van der Waals surface area contributed by atoms with E-state index in [1.165, 1.54) is 0 Å². The Kier molecular flexibility index (Phi) is 7.59. The number of hydrogen-bond acceptors (Lipinski definition) is 5. The SMILES string of the molecule is CCOc1ccc(N2CC(c3nc4ccccc4n3CCCCOc3ccccc3OC)CC2=O)cc1. The van der Waals surface area contributed by atoms with Gasteiger partial charge in [-0.2, -0.15) is 0 Å². The molecule has 4 aromatic rings. The van der Waals surface area contributed by atoms with Gasteiger partial charge in [-0.05, 0) is 68.3 Å². The molecule has 2 heterocycles. The first kappa shape index (κ1) is 24.7. The van der Waals surface area contributed by atoms with Crippen LogP contribution in [0.15, 0.2) is 72.8 Å². The standard InChI is InChI=1S/C30H33N3O4/c1-3-36-24-16-14-23(15-17-24)33-21-22(20-29(33)34)30-31-25-10-4-5-11-26(25)32(30)18-8-9-19-37-28-13-7-6-12-27(28)35-2/h4-7,10-17,22H,3,8-9,18-21H2,1-2H3. The third kappa shape index (κ3) is 5.40. The molecule has 3 aromatic carbocycles. The summed E-state index contributed by atoms with van der Waals surface area (Å²) >= 11 is 0. The largest absolute Gasteiger partial charge is 0.494 e. The minimum atomic E-state index is 0.0382. The maximum Gasteiger partial charge on any atom is 0.227 e. The topological polar surface area (TPSA) is 65.8 Å². The molecule has 1 saturated heterocycles. The summed E-state index contributed by atoms with van der Waals surface area (Å²) in [7, 11) is 1.65. The fourth-order valence-electron chi connectivity index (χ4n) is 4.95. The molecule has 0 bridgehead atoms. The predicted molar refractivity (Wildman–Crippen MR) is 145 cm³/mol. The van der Waals surface area contributed by atoms with Gasteiger partial charge in [-0.3, -0.25) is 4.79 Å². The first-order valence-electron chi connectivity index (χ1n) is 12.9. The van der Waals surface area contributed by atoms with E-state index < -0.39 is 0 Å². The fraction of sp³-hybridized carbons (Fsp3) is 0.333. The molecular weight excluding hydrogens is 466 g/mol. The van der Waals surface area contributed by atoms with Gasteiger partial charge in [0.2, 0.25) is 5.91 Å². The number of unbranched alkanes of at least 4 members (excludes halogenated alkanes) is 1. The Balaban J connectivity index is 1.27. The summed E-state index contributed by atoms with van der Waals surface area (Å²) in [4.78, 5) is 19.9. The number of rotatable bonds is 11. The summed E-state index contributed by atoms with van der Waals surface area (Å²) < 4.78 is 19.2. The van der Waals surface area contributed by atoms with E-state index >= 15 is 0 Å². The smallest absolute Gasteiger partial charge is 0.227 e. The third-order valence-electron chi connectivity index (χ3n) is 6.74. The predicted octanol–water partition coefficient (Wildman–Crippen LogP) is 5.82. The van der Waals surface area contributed by atoms with Crippen LogP contribution in [-0.2, 0) is 11.3 Å². The van der Waals surface area contributed by atoms with Gasteiger partial charge in [-0.25, -0.2) is 4.98 Å². The van der Waals surface area contributed by atoms with Crippen LogP contribution in [0.1, 0.15) is 37.9 Å². The molecular formula is C30H33N3O4. The van der Waals surface area contributed by atoms with Gasteiger partial charge < -0.3 is 23.7 Å². The van der Waals surface area contributed by atoms with E-state index in [1.807, 2.05) is 78.6 Å². The summed E-state index contributed by atoms with van der Waals surface area (Å²) in [6.07, 6.45) is 2.28. The zero-order valence-electron chi connectivity index (χ0n) is 21.4. The normalized spacial score (nSPS) is 15.4. The highest BCUT2D eigenvalue weighted by molar-refractivity contribution is 5.96. The second-order valence-corrected chi connectivity index (χ2v) is 9.15. The maximum atomic E-state index is 13.0. The van der Waals surface area contributed by atoms with Crippen LogP contribution in [0.25, 0.3) is 11.0 Å². The molecule has 37 heavy (non-hydrogen) atoms. The summed E-state index contributed by atoms with van der Waals surface area (Å²) in [5.74, 6) is 3.46. The Bertz CT molecular complexity index is 1350. The van der Waals surface area contributed by atoms with Gasteiger partial charge in [0.1, 0.15) is 11.6 Å². The number of carbonyl (C=O) groups is 1. The average Bonchev–Trinajstić information content (AvgIpc) is 3.50. The molecule has 1 atom stereocenters. The van der Waals surface area contributed by atoms with Gasteiger partial charge in [0, 0.05) is 31.1 Å². The second-order valence-electron chi connectivity index (χ2n) is 9.15. The Labute approximate surface area is 217 Å². The molecule has 1 amide bonds. The molecule has 1 fully saturated rings. The number of amides is 1. The van der Waals surface area contributed by atoms with Crippen molar-refractivity contribution in [2.75, 3.05) is 31.8 Å². The van der Waals surface area contributed by atoms with Crippen LogP contribution in [0.2, 0.25) is 0 Å². The summed E-state index contributed by atoms with van der Waals surface area (Å²) in [5.41, 5.74) is 2.97. The Morgan fingerprint density at radius 2 is 1.68 bits per heavy atom. The van der Waals surface area contributed by atoms with Crippen molar-refractivity contribution < 1.29 is 19.0 Å². The van der Waals surface area contributed by atoms with E-state index in [1.54, 1.807) is 7.11 Å². The Morgan fingerprint density at radius 1 is 0.919 bits per heavy atom. The van der Waals surface area contributed by atoms with Gasteiger partial charge in [0.25, 0.3) is 0 Å². The lowest BCUT2D eigenvalue weighted by Gasteiger charge is -2.18. The number of fused-ring (bicyclic) bond motifs is 1. The van der Waals surface area contributed by atoms with Crippen LogP contribution in [0.5, 0.6) is 17.2 Å². The van der Waals surface area contributed by atoms with Crippen molar-refractivity contribution in [1.29, 1.82) is 0 Å². The first-order valence-corrected chi connectivity index (χ1v) is 12.9. The van der Waals surface area contributed by atoms with Gasteiger partial charge in [0.15, 0.2) is 11.5 Å². The molecule has 0 saturated carbocycles. The number of aryl methyl sites for hydroxylation is 1. The van der Waals surface area contributed by atoms with Crippen molar-refractivity contribution in [1.82, 2.24) is 9.55 Å². The van der Waals surface area contributed by atoms with Crippen LogP contribution >= 0.6 is 0 Å². The van der Waals surface area contributed by atoms with E-state index in [-0.39, 0.29) is 11.8 Å². The molecule has 0 aliphatic carbocycles. The highest BCUT2D eigenvalue weighted by Gasteiger charge is 2.34. The van der Waals surface area contributed by atoms with Crippen molar-refractivity contribution in [3.05, 3.63) is 78.6 Å². The van der Waals surface area contributed by atoms with Crippen LogP contribution < -0.4 is 19.1 Å². The number of aromatic nitrogens is 2. The van der Waals surface area contributed by atoms with E-state index in [0.717, 1.165) is 59.2 Å². The lowest BCUT2D eigenvalue weighted by Crippen LogP contribution is -2.24. The van der Waals surface area contributed by atoms with Crippen molar-refractivity contribution in [2.45, 2.75) is 38.6 Å². The van der Waals surface area contributed by atoms with Crippen LogP contribution in [0.4, 0.5) is 5.69 Å². The maximum absolute atomic E-state index is 13.0. The van der Waals surface area contributed by atoms with Gasteiger partial charge >= 0.3 is 0 Å². The second kappa shape index (κ2) is 11.4. The summed E-state index contributed by atoms with van der Waals surface area (Å²) in [5, 5.41) is 0.